The molecule has 0 bridgehead atoms. The van der Waals surface area contributed by atoms with Gasteiger partial charge in [0, 0.05) is 30.6 Å². The van der Waals surface area contributed by atoms with Crippen LogP contribution in [-0.4, -0.2) is 17.1 Å². The molecule has 0 saturated carbocycles. The maximum Gasteiger partial charge on any atom is 0.461 e. The molecule has 27 heavy (non-hydrogen) atoms. The Bertz CT molecular complexity index is 1000. The van der Waals surface area contributed by atoms with E-state index in [0.717, 1.165) is 12.1 Å². The van der Waals surface area contributed by atoms with Crippen molar-refractivity contribution in [1.82, 2.24) is 4.57 Å². The average Bonchev–Trinajstić information content (AvgIpc) is 2.64. The summed E-state index contributed by atoms with van der Waals surface area (Å²) in [5, 5.41) is 0. The number of aromatic nitrogens is 1. The molecule has 0 aliphatic heterocycles. The molecule has 0 unspecified atom stereocenters. The first kappa shape index (κ1) is 18.7. The molecule has 1 aromatic heterocycles. The molecule has 2 aromatic carbocycles. The molecule has 3 rings (SSSR count). The molecule has 0 radical (unpaired) electrons. The van der Waals surface area contributed by atoms with E-state index in [4.69, 9.17) is 0 Å². The van der Waals surface area contributed by atoms with Gasteiger partial charge in [-0.05, 0) is 23.3 Å². The zero-order valence-electron chi connectivity index (χ0n) is 14.2. The van der Waals surface area contributed by atoms with E-state index in [1.54, 1.807) is 48.3 Å². The van der Waals surface area contributed by atoms with Gasteiger partial charge in [-0.15, -0.1) is 0 Å². The van der Waals surface area contributed by atoms with Crippen LogP contribution in [-0.2, 0) is 7.05 Å². The largest absolute Gasteiger partial charge is 0.461 e. The summed E-state index contributed by atoms with van der Waals surface area (Å²) in [6, 6.07) is 14.1. The highest BCUT2D eigenvalue weighted by molar-refractivity contribution is 5.72. The predicted octanol–water partition coefficient (Wildman–Crippen LogP) is 4.96. The van der Waals surface area contributed by atoms with Crippen LogP contribution in [0.3, 0.4) is 0 Å². The Labute approximate surface area is 152 Å². The third-order valence-electron chi connectivity index (χ3n) is 3.89. The lowest BCUT2D eigenvalue weighted by Crippen LogP contribution is -2.33. The van der Waals surface area contributed by atoms with Crippen LogP contribution in [0.1, 0.15) is 0 Å². The lowest BCUT2D eigenvalue weighted by molar-refractivity contribution is -0.253. The van der Waals surface area contributed by atoms with Gasteiger partial charge in [0.25, 0.3) is 0 Å². The van der Waals surface area contributed by atoms with E-state index < -0.39 is 18.3 Å². The van der Waals surface area contributed by atoms with Gasteiger partial charge in [-0.1, -0.05) is 42.5 Å². The van der Waals surface area contributed by atoms with Crippen molar-refractivity contribution in [3.05, 3.63) is 77.2 Å². The highest BCUT2D eigenvalue weighted by atomic mass is 19.3. The minimum absolute atomic E-state index is 0.240. The minimum Gasteiger partial charge on any atom is -0.428 e. The van der Waals surface area contributed by atoms with Crippen molar-refractivity contribution in [1.29, 1.82) is 0 Å². The maximum absolute atomic E-state index is 13.2. The highest BCUT2D eigenvalue weighted by Gasteiger charge is 2.44. The molecule has 3 nitrogen and oxygen atoms in total. The van der Waals surface area contributed by atoms with Crippen LogP contribution in [0.25, 0.3) is 22.3 Å². The lowest BCUT2D eigenvalue weighted by atomic mass is 10.0. The van der Waals surface area contributed by atoms with E-state index in [1.165, 1.54) is 12.1 Å². The molecule has 0 atom stereocenters. The van der Waals surface area contributed by atoms with Crippen LogP contribution in [0.5, 0.6) is 5.75 Å². The molecule has 7 heteroatoms. The van der Waals surface area contributed by atoms with Crippen molar-refractivity contribution in [3.8, 4) is 28.0 Å². The van der Waals surface area contributed by atoms with Crippen LogP contribution < -0.4 is 10.2 Å². The Morgan fingerprint density at radius 1 is 0.926 bits per heavy atom. The standard InChI is InChI=1S/C20H15F4NO2/c1-25-11-16(13-6-3-2-4-7-13)18(26)17(12-25)14-8-5-9-15(10-14)27-20(23,24)19(21)22/h2-12,19H,1H3. The molecule has 0 aliphatic carbocycles. The Kier molecular flexibility index (Phi) is 5.03. The number of hydrogen-bond acceptors (Lipinski definition) is 2. The van der Waals surface area contributed by atoms with Gasteiger partial charge < -0.3 is 9.30 Å². The van der Waals surface area contributed by atoms with E-state index >= 15 is 0 Å². The van der Waals surface area contributed by atoms with E-state index in [2.05, 4.69) is 4.74 Å². The Balaban J connectivity index is 2.06. The summed E-state index contributed by atoms with van der Waals surface area (Å²) < 4.78 is 56.8. The first-order valence-electron chi connectivity index (χ1n) is 7.99. The molecule has 3 aromatic rings. The number of nitrogens with zero attached hydrogens (tertiary/aromatic N) is 1. The zero-order valence-corrected chi connectivity index (χ0v) is 14.2. The fraction of sp³-hybridized carbons (Fsp3) is 0.150. The molecule has 140 valence electrons. The first-order chi connectivity index (χ1) is 12.8. The van der Waals surface area contributed by atoms with Gasteiger partial charge in [-0.2, -0.15) is 17.6 Å². The summed E-state index contributed by atoms with van der Waals surface area (Å²) >= 11 is 0. The summed E-state index contributed by atoms with van der Waals surface area (Å²) in [6.45, 7) is 0. The van der Waals surface area contributed by atoms with E-state index in [1.807, 2.05) is 6.07 Å². The van der Waals surface area contributed by atoms with Gasteiger partial charge in [0.2, 0.25) is 0 Å². The van der Waals surface area contributed by atoms with Gasteiger partial charge >= 0.3 is 12.5 Å². The second-order valence-corrected chi connectivity index (χ2v) is 5.94. The van der Waals surface area contributed by atoms with Crippen molar-refractivity contribution >= 4 is 0 Å². The predicted molar refractivity (Wildman–Crippen MR) is 94.1 cm³/mol. The fourth-order valence-corrected chi connectivity index (χ4v) is 2.66. The molecular formula is C20H15F4NO2. The Morgan fingerprint density at radius 3 is 2.15 bits per heavy atom. The van der Waals surface area contributed by atoms with Gasteiger partial charge in [0.15, 0.2) is 5.43 Å². The van der Waals surface area contributed by atoms with E-state index in [-0.39, 0.29) is 16.6 Å². The lowest BCUT2D eigenvalue weighted by Gasteiger charge is -2.17. The number of ether oxygens (including phenoxy) is 1. The van der Waals surface area contributed by atoms with Crippen LogP contribution >= 0.6 is 0 Å². The molecule has 0 amide bonds. The molecule has 1 heterocycles. The summed E-state index contributed by atoms with van der Waals surface area (Å²) in [5.41, 5.74) is 1.36. The molecule has 0 N–H and O–H groups in total. The number of alkyl halides is 4. The fourth-order valence-electron chi connectivity index (χ4n) is 2.66. The topological polar surface area (TPSA) is 31.2 Å². The Morgan fingerprint density at radius 2 is 1.52 bits per heavy atom. The SMILES string of the molecule is Cn1cc(-c2ccccc2)c(=O)c(-c2cccc(OC(F)(F)C(F)F)c2)c1. The second kappa shape index (κ2) is 7.26. The maximum atomic E-state index is 13.2. The molecular weight excluding hydrogens is 362 g/mol. The van der Waals surface area contributed by atoms with E-state index in [0.29, 0.717) is 11.1 Å². The van der Waals surface area contributed by atoms with Crippen LogP contribution in [0.15, 0.2) is 71.8 Å². The molecule has 0 spiro atoms. The minimum atomic E-state index is -4.62. The van der Waals surface area contributed by atoms with Crippen LogP contribution in [0.2, 0.25) is 0 Å². The summed E-state index contributed by atoms with van der Waals surface area (Å²) in [4.78, 5) is 12.9. The Hall–Kier alpha value is -3.09. The van der Waals surface area contributed by atoms with Gasteiger partial charge in [0.05, 0.1) is 0 Å². The molecule has 0 aliphatic rings. The number of halogens is 4. The highest BCUT2D eigenvalue weighted by Crippen LogP contribution is 2.30. The number of hydrogen-bond donors (Lipinski definition) is 0. The molecule has 0 saturated heterocycles. The van der Waals surface area contributed by atoms with Gasteiger partial charge in [0.1, 0.15) is 5.75 Å². The monoisotopic (exact) mass is 377 g/mol. The number of rotatable bonds is 5. The summed E-state index contributed by atoms with van der Waals surface area (Å²) in [7, 11) is 1.72. The molecule has 0 fully saturated rings. The smallest absolute Gasteiger partial charge is 0.428 e. The van der Waals surface area contributed by atoms with Crippen LogP contribution in [0, 0.1) is 0 Å². The number of aryl methyl sites for hydroxylation is 1. The van der Waals surface area contributed by atoms with Crippen LogP contribution in [0.4, 0.5) is 17.6 Å². The first-order valence-corrected chi connectivity index (χ1v) is 7.99. The van der Waals surface area contributed by atoms with Crippen molar-refractivity contribution < 1.29 is 22.3 Å². The normalized spacial score (nSPS) is 11.6. The van der Waals surface area contributed by atoms with Crippen molar-refractivity contribution in [3.63, 3.8) is 0 Å². The third kappa shape index (κ3) is 4.02. The average molecular weight is 377 g/mol. The van der Waals surface area contributed by atoms with E-state index in [9.17, 15) is 22.4 Å². The quantitative estimate of drug-likeness (QED) is 0.589. The number of benzene rings is 2. The van der Waals surface area contributed by atoms with Gasteiger partial charge in [-0.25, -0.2) is 0 Å². The zero-order chi connectivity index (χ0) is 19.6. The van der Waals surface area contributed by atoms with Crippen molar-refractivity contribution in [2.24, 2.45) is 7.05 Å². The van der Waals surface area contributed by atoms with Gasteiger partial charge in [-0.3, -0.25) is 4.79 Å². The third-order valence-corrected chi connectivity index (χ3v) is 3.89. The second-order valence-electron chi connectivity index (χ2n) is 5.94. The van der Waals surface area contributed by atoms with Crippen molar-refractivity contribution in [2.75, 3.05) is 0 Å². The summed E-state index contributed by atoms with van der Waals surface area (Å²) in [5.74, 6) is -0.454. The number of pyridine rings is 1. The summed E-state index contributed by atoms with van der Waals surface area (Å²) in [6.07, 6.45) is -5.38. The van der Waals surface area contributed by atoms with Crippen molar-refractivity contribution in [2.45, 2.75) is 12.5 Å².